The van der Waals surface area contributed by atoms with Crippen molar-refractivity contribution < 1.29 is 9.47 Å². The van der Waals surface area contributed by atoms with Crippen LogP contribution in [0.4, 0.5) is 0 Å². The largest absolute Gasteiger partial charge is 0.457 e. The van der Waals surface area contributed by atoms with Gasteiger partial charge in [-0.2, -0.15) is 0 Å². The van der Waals surface area contributed by atoms with E-state index >= 15 is 0 Å². The smallest absolute Gasteiger partial charge is 0.130 e. The second-order valence-corrected chi connectivity index (χ2v) is 7.20. The van der Waals surface area contributed by atoms with Crippen LogP contribution in [0.3, 0.4) is 0 Å². The van der Waals surface area contributed by atoms with Crippen LogP contribution in [0.2, 0.25) is 0 Å². The van der Waals surface area contributed by atoms with Crippen LogP contribution in [-0.2, 0) is 6.42 Å². The van der Waals surface area contributed by atoms with Crippen LogP contribution in [0.25, 0.3) is 0 Å². The summed E-state index contributed by atoms with van der Waals surface area (Å²) in [6.45, 7) is 4.10. The maximum Gasteiger partial charge on any atom is 0.130 e. The minimum atomic E-state index is 0.852. The third-order valence-electron chi connectivity index (χ3n) is 4.90. The van der Waals surface area contributed by atoms with E-state index < -0.39 is 0 Å². The average molecular weight is 380 g/mol. The third-order valence-corrected chi connectivity index (χ3v) is 4.90. The van der Waals surface area contributed by atoms with Gasteiger partial charge in [0.15, 0.2) is 0 Å². The van der Waals surface area contributed by atoms with E-state index in [1.807, 2.05) is 60.7 Å². The number of para-hydroxylation sites is 2. The highest BCUT2D eigenvalue weighted by Gasteiger charge is 2.03. The fourth-order valence-electron chi connectivity index (χ4n) is 3.18. The summed E-state index contributed by atoms with van der Waals surface area (Å²) in [7, 11) is 0. The fourth-order valence-corrected chi connectivity index (χ4v) is 3.18. The molecule has 29 heavy (non-hydrogen) atoms. The lowest BCUT2D eigenvalue weighted by atomic mass is 10.0. The van der Waals surface area contributed by atoms with Gasteiger partial charge in [0.05, 0.1) is 0 Å². The Bertz CT molecular complexity index is 991. The van der Waals surface area contributed by atoms with Gasteiger partial charge in [-0.05, 0) is 78.9 Å². The summed E-state index contributed by atoms with van der Waals surface area (Å²) in [6, 6.07) is 32.7. The van der Waals surface area contributed by atoms with Gasteiger partial charge in [-0.3, -0.25) is 0 Å². The SMILES string of the molecule is Cc1ccccc1Oc1ccc(Cc2ccc(Oc3ccccc3C)cc2)cc1. The summed E-state index contributed by atoms with van der Waals surface area (Å²) in [5, 5.41) is 0. The number of hydrogen-bond donors (Lipinski definition) is 0. The third kappa shape index (κ3) is 4.85. The lowest BCUT2D eigenvalue weighted by Crippen LogP contribution is -1.91. The Labute approximate surface area is 172 Å². The van der Waals surface area contributed by atoms with E-state index in [2.05, 4.69) is 50.2 Å². The number of rotatable bonds is 6. The molecule has 0 aliphatic rings. The number of hydrogen-bond acceptors (Lipinski definition) is 2. The van der Waals surface area contributed by atoms with Crippen LogP contribution in [0.5, 0.6) is 23.0 Å². The Morgan fingerprint density at radius 2 is 0.862 bits per heavy atom. The molecule has 0 radical (unpaired) electrons. The second-order valence-electron chi connectivity index (χ2n) is 7.20. The zero-order valence-corrected chi connectivity index (χ0v) is 16.8. The van der Waals surface area contributed by atoms with E-state index in [1.54, 1.807) is 0 Å². The summed E-state index contributed by atoms with van der Waals surface area (Å²) >= 11 is 0. The summed E-state index contributed by atoms with van der Waals surface area (Å²) in [5.74, 6) is 3.49. The van der Waals surface area contributed by atoms with E-state index in [0.717, 1.165) is 40.5 Å². The number of ether oxygens (including phenoxy) is 2. The first kappa shape index (κ1) is 18.8. The predicted octanol–water partition coefficient (Wildman–Crippen LogP) is 7.48. The van der Waals surface area contributed by atoms with Crippen molar-refractivity contribution in [3.05, 3.63) is 119 Å². The molecule has 4 aromatic carbocycles. The number of aryl methyl sites for hydroxylation is 2. The molecule has 0 amide bonds. The molecular formula is C27H24O2. The normalized spacial score (nSPS) is 10.6. The van der Waals surface area contributed by atoms with Crippen LogP contribution in [0, 0.1) is 13.8 Å². The highest BCUT2D eigenvalue weighted by Crippen LogP contribution is 2.27. The standard InChI is InChI=1S/C27H24O2/c1-20-7-3-5-9-26(20)28-24-15-11-22(12-16-24)19-23-13-17-25(18-14-23)29-27-10-6-4-8-21(27)2/h3-18H,19H2,1-2H3. The van der Waals surface area contributed by atoms with Crippen molar-refractivity contribution in [3.63, 3.8) is 0 Å². The van der Waals surface area contributed by atoms with Gasteiger partial charge in [-0.15, -0.1) is 0 Å². The Hall–Kier alpha value is -3.52. The molecular weight excluding hydrogens is 356 g/mol. The first-order chi connectivity index (χ1) is 14.2. The Morgan fingerprint density at radius 3 is 1.24 bits per heavy atom. The fraction of sp³-hybridized carbons (Fsp3) is 0.111. The summed E-state index contributed by atoms with van der Waals surface area (Å²) < 4.78 is 12.0. The minimum Gasteiger partial charge on any atom is -0.457 e. The molecule has 0 bridgehead atoms. The molecule has 0 heterocycles. The van der Waals surface area contributed by atoms with Gasteiger partial charge in [0.2, 0.25) is 0 Å². The lowest BCUT2D eigenvalue weighted by molar-refractivity contribution is 0.479. The maximum absolute atomic E-state index is 5.98. The lowest BCUT2D eigenvalue weighted by Gasteiger charge is -2.10. The van der Waals surface area contributed by atoms with Crippen LogP contribution >= 0.6 is 0 Å². The Morgan fingerprint density at radius 1 is 0.483 bits per heavy atom. The first-order valence-electron chi connectivity index (χ1n) is 9.82. The van der Waals surface area contributed by atoms with Gasteiger partial charge < -0.3 is 9.47 Å². The Kier molecular flexibility index (Phi) is 5.62. The van der Waals surface area contributed by atoms with Gasteiger partial charge >= 0.3 is 0 Å². The van der Waals surface area contributed by atoms with E-state index in [4.69, 9.17) is 9.47 Å². The van der Waals surface area contributed by atoms with Crippen molar-refractivity contribution in [3.8, 4) is 23.0 Å². The second kappa shape index (κ2) is 8.66. The van der Waals surface area contributed by atoms with Crippen molar-refractivity contribution in [2.45, 2.75) is 20.3 Å². The molecule has 0 aromatic heterocycles. The molecule has 2 heteroatoms. The molecule has 0 saturated carbocycles. The molecule has 144 valence electrons. The average Bonchev–Trinajstić information content (AvgIpc) is 2.74. The van der Waals surface area contributed by atoms with E-state index in [0.29, 0.717) is 0 Å². The highest BCUT2D eigenvalue weighted by atomic mass is 16.5. The van der Waals surface area contributed by atoms with E-state index in [1.165, 1.54) is 11.1 Å². The van der Waals surface area contributed by atoms with Crippen LogP contribution in [0.15, 0.2) is 97.1 Å². The molecule has 4 rings (SSSR count). The monoisotopic (exact) mass is 380 g/mol. The van der Waals surface area contributed by atoms with Crippen LogP contribution in [-0.4, -0.2) is 0 Å². The minimum absolute atomic E-state index is 0.852. The zero-order chi connectivity index (χ0) is 20.1. The summed E-state index contributed by atoms with van der Waals surface area (Å²) in [4.78, 5) is 0. The first-order valence-corrected chi connectivity index (χ1v) is 9.82. The molecule has 0 aliphatic carbocycles. The van der Waals surface area contributed by atoms with Gasteiger partial charge in [-0.25, -0.2) is 0 Å². The molecule has 4 aromatic rings. The van der Waals surface area contributed by atoms with E-state index in [9.17, 15) is 0 Å². The predicted molar refractivity (Wildman–Crippen MR) is 118 cm³/mol. The molecule has 0 aliphatic heterocycles. The summed E-state index contributed by atoms with van der Waals surface area (Å²) in [6.07, 6.45) is 0.870. The van der Waals surface area contributed by atoms with Crippen LogP contribution in [0.1, 0.15) is 22.3 Å². The summed E-state index contributed by atoms with van der Waals surface area (Å²) in [5.41, 5.74) is 4.75. The van der Waals surface area contributed by atoms with Gasteiger partial charge in [-0.1, -0.05) is 60.7 Å². The van der Waals surface area contributed by atoms with Crippen molar-refractivity contribution >= 4 is 0 Å². The molecule has 0 spiro atoms. The van der Waals surface area contributed by atoms with Gasteiger partial charge in [0, 0.05) is 0 Å². The molecule has 0 fully saturated rings. The quantitative estimate of drug-likeness (QED) is 0.345. The molecule has 0 unspecified atom stereocenters. The van der Waals surface area contributed by atoms with Crippen molar-refractivity contribution in [1.82, 2.24) is 0 Å². The van der Waals surface area contributed by atoms with Gasteiger partial charge in [0.25, 0.3) is 0 Å². The Balaban J connectivity index is 1.39. The van der Waals surface area contributed by atoms with Crippen LogP contribution < -0.4 is 9.47 Å². The molecule has 0 saturated heterocycles. The number of benzene rings is 4. The molecule has 0 N–H and O–H groups in total. The molecule has 0 atom stereocenters. The van der Waals surface area contributed by atoms with Crippen molar-refractivity contribution in [2.24, 2.45) is 0 Å². The van der Waals surface area contributed by atoms with Crippen molar-refractivity contribution in [2.75, 3.05) is 0 Å². The zero-order valence-electron chi connectivity index (χ0n) is 16.8. The highest BCUT2D eigenvalue weighted by molar-refractivity contribution is 5.40. The topological polar surface area (TPSA) is 18.5 Å². The van der Waals surface area contributed by atoms with Gasteiger partial charge in [0.1, 0.15) is 23.0 Å². The maximum atomic E-state index is 5.98. The molecule has 2 nitrogen and oxygen atoms in total. The van der Waals surface area contributed by atoms with Crippen molar-refractivity contribution in [1.29, 1.82) is 0 Å². The van der Waals surface area contributed by atoms with E-state index in [-0.39, 0.29) is 0 Å².